The van der Waals surface area contributed by atoms with Crippen LogP contribution >= 0.6 is 0 Å². The Balaban J connectivity index is 1.24. The van der Waals surface area contributed by atoms with E-state index >= 15 is 0 Å². The average Bonchev–Trinajstić information content (AvgIpc) is 3.72. The molecule has 0 bridgehead atoms. The largest absolute Gasteiger partial charge is 0.333 e. The van der Waals surface area contributed by atoms with Crippen molar-refractivity contribution in [3.05, 3.63) is 176 Å². The first-order chi connectivity index (χ1) is 25.8. The first-order valence-corrected chi connectivity index (χ1v) is 18.1. The van der Waals surface area contributed by atoms with Crippen LogP contribution in [-0.2, 0) is 0 Å². The second kappa shape index (κ2) is 12.6. The molecule has 0 N–H and O–H groups in total. The van der Waals surface area contributed by atoms with Gasteiger partial charge in [-0.2, -0.15) is 0 Å². The fraction of sp³-hybridized carbons (Fsp3) is 0.0851. The maximum absolute atomic E-state index is 5.64. The highest BCUT2D eigenvalue weighted by molar-refractivity contribution is 6.11. The van der Waals surface area contributed by atoms with Crippen LogP contribution in [0.3, 0.4) is 0 Å². The summed E-state index contributed by atoms with van der Waals surface area (Å²) in [5, 5.41) is 4.96. The number of hydrogen-bond donors (Lipinski definition) is 0. The number of fused-ring (bicyclic) bond motifs is 6. The molecule has 10 rings (SSSR count). The number of rotatable bonds is 5. The topological polar surface area (TPSA) is 48.0 Å². The minimum absolute atomic E-state index is 0.0708. The molecule has 6 aromatic carbocycles. The van der Waals surface area contributed by atoms with E-state index in [4.69, 9.17) is 15.0 Å². The van der Waals surface area contributed by atoms with Crippen molar-refractivity contribution in [3.63, 3.8) is 0 Å². The van der Waals surface area contributed by atoms with Crippen LogP contribution in [-0.4, -0.2) is 24.8 Å². The summed E-state index contributed by atoms with van der Waals surface area (Å²) in [6.45, 7) is 0. The molecule has 9 aromatic rings. The van der Waals surface area contributed by atoms with Gasteiger partial charge in [0.25, 0.3) is 0 Å². The molecular weight excluding hydrogens is 635 g/mol. The van der Waals surface area contributed by atoms with Crippen molar-refractivity contribution in [1.29, 1.82) is 0 Å². The summed E-state index contributed by atoms with van der Waals surface area (Å²) in [6, 6.07) is 57.8. The summed E-state index contributed by atoms with van der Waals surface area (Å²) in [7, 11) is 0. The van der Waals surface area contributed by atoms with E-state index in [1.165, 1.54) is 32.6 Å². The molecule has 52 heavy (non-hydrogen) atoms. The van der Waals surface area contributed by atoms with Gasteiger partial charge in [-0.1, -0.05) is 133 Å². The van der Waals surface area contributed by atoms with E-state index in [-0.39, 0.29) is 6.04 Å². The van der Waals surface area contributed by atoms with Crippen molar-refractivity contribution in [1.82, 2.24) is 19.1 Å². The van der Waals surface area contributed by atoms with E-state index in [2.05, 4.69) is 167 Å². The third-order valence-electron chi connectivity index (χ3n) is 10.4. The first kappa shape index (κ1) is 30.3. The molecule has 5 nitrogen and oxygen atoms in total. The number of para-hydroxylation sites is 4. The molecule has 0 saturated carbocycles. The summed E-state index contributed by atoms with van der Waals surface area (Å²) in [6.07, 6.45) is 5.00. The fourth-order valence-electron chi connectivity index (χ4n) is 8.02. The van der Waals surface area contributed by atoms with Crippen LogP contribution in [0.1, 0.15) is 31.1 Å². The smallest absolute Gasteiger partial charge is 0.175 e. The van der Waals surface area contributed by atoms with Gasteiger partial charge < -0.3 is 4.57 Å². The predicted molar refractivity (Wildman–Crippen MR) is 215 cm³/mol. The quantitative estimate of drug-likeness (QED) is 0.183. The van der Waals surface area contributed by atoms with Gasteiger partial charge >= 0.3 is 0 Å². The molecule has 3 aromatic heterocycles. The molecule has 5 heteroatoms. The standard InChI is InChI=1S/C47H35N5/c1-3-16-32(17-4-1)40-31-41(33-18-5-2-6-19-33)50-47(49-40)39-25-15-20-34(51-42-26-11-7-21-35(42)36-22-8-12-27-43(36)51)30-46(48-39)52-44-28-13-9-23-37(44)38-24-10-14-29-45(38)52/h1-14,16-19,21-24,26-31,34H,15,20,25H2. The van der Waals surface area contributed by atoms with Crippen molar-refractivity contribution >= 4 is 55.1 Å². The van der Waals surface area contributed by atoms with Crippen molar-refractivity contribution in [2.24, 2.45) is 4.99 Å². The van der Waals surface area contributed by atoms with E-state index in [1.807, 2.05) is 12.1 Å². The van der Waals surface area contributed by atoms with Crippen molar-refractivity contribution in [3.8, 4) is 22.5 Å². The minimum atomic E-state index is 0.0708. The van der Waals surface area contributed by atoms with Crippen LogP contribution in [0, 0.1) is 0 Å². The lowest BCUT2D eigenvalue weighted by molar-refractivity contribution is 0.565. The third-order valence-corrected chi connectivity index (χ3v) is 10.4. The van der Waals surface area contributed by atoms with Gasteiger partial charge in [-0.05, 0) is 55.7 Å². The Morgan fingerprint density at radius 2 is 0.923 bits per heavy atom. The van der Waals surface area contributed by atoms with Crippen LogP contribution in [0.2, 0.25) is 0 Å². The van der Waals surface area contributed by atoms with E-state index in [9.17, 15) is 0 Å². The fourth-order valence-corrected chi connectivity index (χ4v) is 8.02. The first-order valence-electron chi connectivity index (χ1n) is 18.1. The number of benzene rings is 6. The van der Waals surface area contributed by atoms with Crippen molar-refractivity contribution in [2.75, 3.05) is 0 Å². The molecule has 0 amide bonds. The molecule has 0 spiro atoms. The van der Waals surface area contributed by atoms with Gasteiger partial charge in [0.15, 0.2) is 5.82 Å². The Labute approximate surface area is 301 Å². The monoisotopic (exact) mass is 669 g/mol. The second-order valence-corrected chi connectivity index (χ2v) is 13.5. The zero-order chi connectivity index (χ0) is 34.4. The zero-order valence-electron chi connectivity index (χ0n) is 28.6. The number of allylic oxidation sites excluding steroid dienone is 1. The van der Waals surface area contributed by atoms with E-state index in [1.54, 1.807) is 0 Å². The molecule has 1 aliphatic heterocycles. The highest BCUT2D eigenvalue weighted by Crippen LogP contribution is 2.38. The number of aromatic nitrogens is 4. The second-order valence-electron chi connectivity index (χ2n) is 13.5. The number of hydrogen-bond acceptors (Lipinski definition) is 3. The van der Waals surface area contributed by atoms with Crippen molar-refractivity contribution in [2.45, 2.75) is 25.3 Å². The van der Waals surface area contributed by atoms with Crippen LogP contribution in [0.15, 0.2) is 175 Å². The van der Waals surface area contributed by atoms with Gasteiger partial charge in [0.05, 0.1) is 34.2 Å². The number of aliphatic imine (C=N–C) groups is 1. The molecule has 0 aliphatic carbocycles. The predicted octanol–water partition coefficient (Wildman–Crippen LogP) is 11.7. The van der Waals surface area contributed by atoms with Gasteiger partial charge in [0.1, 0.15) is 5.82 Å². The molecule has 1 aliphatic rings. The number of nitrogens with zero attached hydrogens (tertiary/aromatic N) is 5. The summed E-state index contributed by atoms with van der Waals surface area (Å²) in [5.74, 6) is 1.55. The summed E-state index contributed by atoms with van der Waals surface area (Å²) in [4.78, 5) is 16.1. The summed E-state index contributed by atoms with van der Waals surface area (Å²) in [5.41, 5.74) is 9.51. The molecular formula is C47H35N5. The molecule has 0 saturated heterocycles. The lowest BCUT2D eigenvalue weighted by Crippen LogP contribution is -2.15. The molecule has 0 radical (unpaired) electrons. The molecule has 248 valence electrons. The Kier molecular flexibility index (Phi) is 7.35. The van der Waals surface area contributed by atoms with Gasteiger partial charge in [0.2, 0.25) is 0 Å². The van der Waals surface area contributed by atoms with Gasteiger partial charge in [-0.3, -0.25) is 4.57 Å². The highest BCUT2D eigenvalue weighted by Gasteiger charge is 2.24. The minimum Gasteiger partial charge on any atom is -0.333 e. The van der Waals surface area contributed by atoms with E-state index in [0.717, 1.165) is 64.3 Å². The normalized spacial score (nSPS) is 15.1. The van der Waals surface area contributed by atoms with Gasteiger partial charge in [0, 0.05) is 43.7 Å². The lowest BCUT2D eigenvalue weighted by atomic mass is 10.0. The SMILES string of the molecule is C1=C(n2c3ccccc3c3ccccc32)N=C(c2nc(-c3ccccc3)cc(-c3ccccc3)n2)CCCC1n1c2ccccc2c2ccccc21. The van der Waals surface area contributed by atoms with Crippen LogP contribution in [0.4, 0.5) is 0 Å². The van der Waals surface area contributed by atoms with Crippen LogP contribution < -0.4 is 0 Å². The van der Waals surface area contributed by atoms with Gasteiger partial charge in [-0.25, -0.2) is 15.0 Å². The Hall–Kier alpha value is -6.59. The molecule has 4 heterocycles. The highest BCUT2D eigenvalue weighted by atomic mass is 15.1. The Morgan fingerprint density at radius 1 is 0.481 bits per heavy atom. The van der Waals surface area contributed by atoms with Crippen molar-refractivity contribution < 1.29 is 0 Å². The Morgan fingerprint density at radius 3 is 1.44 bits per heavy atom. The van der Waals surface area contributed by atoms with E-state index in [0.29, 0.717) is 5.82 Å². The maximum atomic E-state index is 5.64. The maximum Gasteiger partial charge on any atom is 0.175 e. The third kappa shape index (κ3) is 5.13. The Bertz CT molecular complexity index is 2660. The van der Waals surface area contributed by atoms with Crippen LogP contribution in [0.5, 0.6) is 0 Å². The van der Waals surface area contributed by atoms with Gasteiger partial charge in [-0.15, -0.1) is 0 Å². The molecule has 1 unspecified atom stereocenters. The molecule has 1 atom stereocenters. The molecule has 0 fully saturated rings. The summed E-state index contributed by atoms with van der Waals surface area (Å²) < 4.78 is 4.87. The zero-order valence-corrected chi connectivity index (χ0v) is 28.6. The van der Waals surface area contributed by atoms with E-state index < -0.39 is 0 Å². The summed E-state index contributed by atoms with van der Waals surface area (Å²) >= 11 is 0. The lowest BCUT2D eigenvalue weighted by Gasteiger charge is -2.23. The van der Waals surface area contributed by atoms with Crippen LogP contribution in [0.25, 0.3) is 71.9 Å². The average molecular weight is 670 g/mol.